The predicted octanol–water partition coefficient (Wildman–Crippen LogP) is 2.32. The van der Waals surface area contributed by atoms with E-state index < -0.39 is 11.9 Å². The van der Waals surface area contributed by atoms with Crippen LogP contribution in [-0.2, 0) is 0 Å². The van der Waals surface area contributed by atoms with Crippen LogP contribution in [-0.4, -0.2) is 24.3 Å². The molecule has 0 aliphatic rings. The van der Waals surface area contributed by atoms with Crippen molar-refractivity contribution in [3.63, 3.8) is 0 Å². The van der Waals surface area contributed by atoms with Gasteiger partial charge in [0, 0.05) is 6.07 Å². The normalized spacial score (nSPS) is 12.0. The van der Waals surface area contributed by atoms with Crippen molar-refractivity contribution in [2.45, 2.75) is 6.10 Å². The number of hydrogen-bond donors (Lipinski definition) is 1. The molecule has 4 nitrogen and oxygen atoms in total. The summed E-state index contributed by atoms with van der Waals surface area (Å²) >= 11 is 0. The number of nitrogens with zero attached hydrogens (tertiary/aromatic N) is 1. The van der Waals surface area contributed by atoms with Crippen LogP contribution in [0.1, 0.15) is 17.4 Å². The van der Waals surface area contributed by atoms with E-state index in [2.05, 4.69) is 4.98 Å². The fourth-order valence-corrected chi connectivity index (χ4v) is 1.71. The molecule has 0 aliphatic carbocycles. The summed E-state index contributed by atoms with van der Waals surface area (Å²) in [4.78, 5) is 3.86. The maximum Gasteiger partial charge on any atom is 0.141 e. The van der Waals surface area contributed by atoms with Crippen LogP contribution in [0.5, 0.6) is 11.5 Å². The van der Waals surface area contributed by atoms with Gasteiger partial charge in [-0.15, -0.1) is 0 Å². The summed E-state index contributed by atoms with van der Waals surface area (Å²) in [5.41, 5.74) is 0.923. The van der Waals surface area contributed by atoms with Gasteiger partial charge >= 0.3 is 0 Å². The van der Waals surface area contributed by atoms with Gasteiger partial charge in [-0.1, -0.05) is 0 Å². The molecule has 2 aromatic rings. The number of pyridine rings is 1. The van der Waals surface area contributed by atoms with Crippen molar-refractivity contribution in [3.8, 4) is 11.5 Å². The lowest BCUT2D eigenvalue weighted by Gasteiger charge is -2.13. The first-order chi connectivity index (χ1) is 9.13. The summed E-state index contributed by atoms with van der Waals surface area (Å²) in [7, 11) is 3.06. The molecule has 1 N–H and O–H groups in total. The predicted molar refractivity (Wildman–Crippen MR) is 67.8 cm³/mol. The summed E-state index contributed by atoms with van der Waals surface area (Å²) in [6.07, 6.45) is 0.0975. The minimum Gasteiger partial charge on any atom is -0.497 e. The largest absolute Gasteiger partial charge is 0.497 e. The van der Waals surface area contributed by atoms with Crippen LogP contribution in [0.4, 0.5) is 4.39 Å². The maximum absolute atomic E-state index is 12.8. The van der Waals surface area contributed by atoms with Gasteiger partial charge in [-0.3, -0.25) is 4.98 Å². The van der Waals surface area contributed by atoms with E-state index >= 15 is 0 Å². The second kappa shape index (κ2) is 5.67. The van der Waals surface area contributed by atoms with Gasteiger partial charge < -0.3 is 14.6 Å². The lowest BCUT2D eigenvalue weighted by Crippen LogP contribution is -2.03. The highest BCUT2D eigenvalue weighted by Crippen LogP contribution is 2.29. The Morgan fingerprint density at radius 3 is 2.21 bits per heavy atom. The molecular weight excluding hydrogens is 249 g/mol. The lowest BCUT2D eigenvalue weighted by atomic mass is 10.1. The zero-order chi connectivity index (χ0) is 13.8. The molecule has 1 heterocycles. The lowest BCUT2D eigenvalue weighted by molar-refractivity contribution is 0.214. The highest BCUT2D eigenvalue weighted by atomic mass is 19.1. The van der Waals surface area contributed by atoms with Crippen molar-refractivity contribution >= 4 is 0 Å². The summed E-state index contributed by atoms with van der Waals surface area (Å²) in [6.45, 7) is 0. The van der Waals surface area contributed by atoms with Crippen molar-refractivity contribution < 1.29 is 19.0 Å². The molecule has 1 atom stereocenters. The minimum atomic E-state index is -0.968. The number of aliphatic hydroxyl groups is 1. The highest BCUT2D eigenvalue weighted by Gasteiger charge is 2.14. The average molecular weight is 263 g/mol. The quantitative estimate of drug-likeness (QED) is 0.919. The van der Waals surface area contributed by atoms with Gasteiger partial charge in [0.25, 0.3) is 0 Å². The first-order valence-electron chi connectivity index (χ1n) is 5.66. The molecule has 0 fully saturated rings. The van der Waals surface area contributed by atoms with Gasteiger partial charge in [0.15, 0.2) is 0 Å². The zero-order valence-corrected chi connectivity index (χ0v) is 10.6. The van der Waals surface area contributed by atoms with Crippen LogP contribution in [0.3, 0.4) is 0 Å². The molecule has 19 heavy (non-hydrogen) atoms. The summed E-state index contributed by atoms with van der Waals surface area (Å²) < 4.78 is 23.1. The van der Waals surface area contributed by atoms with Crippen LogP contribution in [0.25, 0.3) is 0 Å². The number of aromatic nitrogens is 1. The SMILES string of the molecule is COc1cc(OC)cc(C(O)c2ccc(F)cn2)c1. The number of methoxy groups -OCH3 is 2. The van der Waals surface area contributed by atoms with Gasteiger partial charge in [-0.25, -0.2) is 4.39 Å². The molecule has 0 spiro atoms. The zero-order valence-electron chi connectivity index (χ0n) is 10.6. The molecule has 0 radical (unpaired) electrons. The third-order valence-corrected chi connectivity index (χ3v) is 2.72. The van der Waals surface area contributed by atoms with E-state index in [-0.39, 0.29) is 0 Å². The standard InChI is InChI=1S/C14H14FNO3/c1-18-11-5-9(6-12(7-11)19-2)14(17)13-4-3-10(15)8-16-13/h3-8,14,17H,1-2H3. The Labute approximate surface area is 110 Å². The first kappa shape index (κ1) is 13.3. The van der Waals surface area contributed by atoms with E-state index in [1.165, 1.54) is 26.4 Å². The smallest absolute Gasteiger partial charge is 0.141 e. The Hall–Kier alpha value is -2.14. The molecule has 0 aliphatic heterocycles. The molecule has 0 saturated carbocycles. The second-order valence-corrected chi connectivity index (χ2v) is 3.95. The van der Waals surface area contributed by atoms with Gasteiger partial charge in [-0.05, 0) is 29.8 Å². The van der Waals surface area contributed by atoms with E-state index in [9.17, 15) is 9.50 Å². The average Bonchev–Trinajstić information content (AvgIpc) is 2.46. The molecule has 5 heteroatoms. The van der Waals surface area contributed by atoms with Crippen molar-refractivity contribution in [1.29, 1.82) is 0 Å². The molecule has 1 aromatic carbocycles. The maximum atomic E-state index is 12.8. The number of hydrogen-bond acceptors (Lipinski definition) is 4. The summed E-state index contributed by atoms with van der Waals surface area (Å²) in [6, 6.07) is 7.75. The Bertz CT molecular complexity index is 535. The van der Waals surface area contributed by atoms with E-state index in [1.54, 1.807) is 18.2 Å². The van der Waals surface area contributed by atoms with Gasteiger partial charge in [0.1, 0.15) is 23.4 Å². The Morgan fingerprint density at radius 2 is 1.74 bits per heavy atom. The molecular formula is C14H14FNO3. The third-order valence-electron chi connectivity index (χ3n) is 2.72. The van der Waals surface area contributed by atoms with E-state index in [0.717, 1.165) is 6.20 Å². The Morgan fingerprint density at radius 1 is 1.11 bits per heavy atom. The monoisotopic (exact) mass is 263 g/mol. The molecule has 1 unspecified atom stereocenters. The second-order valence-electron chi connectivity index (χ2n) is 3.95. The number of benzene rings is 1. The fraction of sp³-hybridized carbons (Fsp3) is 0.214. The van der Waals surface area contributed by atoms with E-state index in [4.69, 9.17) is 9.47 Å². The number of rotatable bonds is 4. The van der Waals surface area contributed by atoms with Crippen molar-refractivity contribution in [2.75, 3.05) is 14.2 Å². The van der Waals surface area contributed by atoms with Crippen LogP contribution >= 0.6 is 0 Å². The van der Waals surface area contributed by atoms with Crippen LogP contribution in [0.2, 0.25) is 0 Å². The Kier molecular flexibility index (Phi) is 3.97. The van der Waals surface area contributed by atoms with Crippen LogP contribution in [0.15, 0.2) is 36.5 Å². The molecule has 0 amide bonds. The topological polar surface area (TPSA) is 51.6 Å². The van der Waals surface area contributed by atoms with Gasteiger partial charge in [-0.2, -0.15) is 0 Å². The van der Waals surface area contributed by atoms with Crippen molar-refractivity contribution in [2.24, 2.45) is 0 Å². The third kappa shape index (κ3) is 3.00. The van der Waals surface area contributed by atoms with Crippen molar-refractivity contribution in [1.82, 2.24) is 4.98 Å². The molecule has 0 bridgehead atoms. The van der Waals surface area contributed by atoms with Crippen LogP contribution in [0, 0.1) is 5.82 Å². The number of aliphatic hydroxyl groups excluding tert-OH is 1. The molecule has 100 valence electrons. The van der Waals surface area contributed by atoms with Gasteiger partial charge in [0.05, 0.1) is 26.1 Å². The number of ether oxygens (including phenoxy) is 2. The van der Waals surface area contributed by atoms with Gasteiger partial charge in [0.2, 0.25) is 0 Å². The summed E-state index contributed by atoms with van der Waals surface area (Å²) in [5.74, 6) is 0.685. The summed E-state index contributed by atoms with van der Waals surface area (Å²) in [5, 5.41) is 10.2. The molecule has 0 saturated heterocycles. The van der Waals surface area contributed by atoms with E-state index in [1.807, 2.05) is 0 Å². The molecule has 1 aromatic heterocycles. The first-order valence-corrected chi connectivity index (χ1v) is 5.66. The number of halogens is 1. The fourth-order valence-electron chi connectivity index (χ4n) is 1.71. The highest BCUT2D eigenvalue weighted by molar-refractivity contribution is 5.41. The molecule has 2 rings (SSSR count). The minimum absolute atomic E-state index is 0.358. The van der Waals surface area contributed by atoms with Crippen LogP contribution < -0.4 is 9.47 Å². The van der Waals surface area contributed by atoms with E-state index in [0.29, 0.717) is 22.8 Å². The van der Waals surface area contributed by atoms with Crippen molar-refractivity contribution in [3.05, 3.63) is 53.6 Å². The Balaban J connectivity index is 2.37.